The molecule has 1 unspecified atom stereocenters. The van der Waals surface area contributed by atoms with Crippen molar-refractivity contribution in [2.24, 2.45) is 10.8 Å². The van der Waals surface area contributed by atoms with Gasteiger partial charge in [0.25, 0.3) is 0 Å². The molecule has 0 heterocycles. The van der Waals surface area contributed by atoms with Crippen LogP contribution in [-0.2, 0) is 30.7 Å². The molecule has 0 bridgehead atoms. The maximum atomic E-state index is 15.2. The summed E-state index contributed by atoms with van der Waals surface area (Å²) in [5.74, 6) is 0.360. The van der Waals surface area contributed by atoms with Gasteiger partial charge in [-0.1, -0.05) is 109 Å². The van der Waals surface area contributed by atoms with E-state index in [2.05, 4.69) is 41.5 Å². The maximum absolute atomic E-state index is 15.2. The summed E-state index contributed by atoms with van der Waals surface area (Å²) in [7, 11) is -4.50. The molecule has 2 aromatic carbocycles. The van der Waals surface area contributed by atoms with Crippen LogP contribution < -0.4 is 0 Å². The van der Waals surface area contributed by atoms with E-state index in [0.29, 0.717) is 18.4 Å². The van der Waals surface area contributed by atoms with E-state index in [-0.39, 0.29) is 22.3 Å². The number of aromatic hydroxyl groups is 2. The molecular formula is C34H55O5P. The molecule has 0 saturated carbocycles. The van der Waals surface area contributed by atoms with Gasteiger partial charge in [-0.25, -0.2) is 0 Å². The zero-order valence-electron chi connectivity index (χ0n) is 27.5. The van der Waals surface area contributed by atoms with Crippen molar-refractivity contribution < 1.29 is 24.2 Å². The van der Waals surface area contributed by atoms with Crippen molar-refractivity contribution in [2.45, 2.75) is 131 Å². The normalized spacial score (nSPS) is 15.7. The molecule has 0 aliphatic carbocycles. The summed E-state index contributed by atoms with van der Waals surface area (Å²) >= 11 is 0. The highest BCUT2D eigenvalue weighted by Crippen LogP contribution is 2.76. The zero-order chi connectivity index (χ0) is 31.3. The van der Waals surface area contributed by atoms with Crippen LogP contribution >= 0.6 is 7.60 Å². The summed E-state index contributed by atoms with van der Waals surface area (Å²) in [6, 6.07) is 10.6. The molecule has 0 aromatic heterocycles. The van der Waals surface area contributed by atoms with E-state index in [1.165, 1.54) is 0 Å². The average molecular weight is 575 g/mol. The van der Waals surface area contributed by atoms with Crippen LogP contribution in [0.15, 0.2) is 36.4 Å². The van der Waals surface area contributed by atoms with Crippen molar-refractivity contribution in [1.82, 2.24) is 0 Å². The van der Waals surface area contributed by atoms with Crippen molar-refractivity contribution in [3.8, 4) is 11.5 Å². The second kappa shape index (κ2) is 10.8. The third-order valence-electron chi connectivity index (χ3n) is 8.57. The standard InChI is InChI=1S/C34H55O5P/c1-15-33(16-2,24-21-26(29(3,4)5)28(36)27(22-24)30(6,7)8)39-40(37,38)34(31(9,10)11,32(12,13)14)23-17-19-25(35)20-18-23/h17-22,35-36H,15-16H2,1-14H3,(H,37,38). The first kappa shape index (κ1) is 34.4. The Labute approximate surface area is 243 Å². The largest absolute Gasteiger partial charge is 0.508 e. The van der Waals surface area contributed by atoms with Gasteiger partial charge in [-0.05, 0) is 81.0 Å². The van der Waals surface area contributed by atoms with Crippen LogP contribution in [0, 0.1) is 10.8 Å². The van der Waals surface area contributed by atoms with E-state index in [9.17, 15) is 15.1 Å². The quantitative estimate of drug-likeness (QED) is 0.287. The fraction of sp³-hybridized carbons (Fsp3) is 0.647. The van der Waals surface area contributed by atoms with Crippen LogP contribution in [0.3, 0.4) is 0 Å². The van der Waals surface area contributed by atoms with E-state index in [1.807, 2.05) is 67.5 Å². The van der Waals surface area contributed by atoms with E-state index < -0.39 is 29.2 Å². The number of hydrogen-bond acceptors (Lipinski definition) is 4. The number of hydrogen-bond donors (Lipinski definition) is 3. The van der Waals surface area contributed by atoms with Gasteiger partial charge in [0.05, 0.1) is 0 Å². The van der Waals surface area contributed by atoms with Gasteiger partial charge in [0.15, 0.2) is 0 Å². The van der Waals surface area contributed by atoms with Crippen molar-refractivity contribution in [1.29, 1.82) is 0 Å². The van der Waals surface area contributed by atoms with E-state index in [4.69, 9.17) is 4.52 Å². The fourth-order valence-electron chi connectivity index (χ4n) is 6.89. The number of phenols is 2. The van der Waals surface area contributed by atoms with Gasteiger partial charge in [0.1, 0.15) is 22.3 Å². The van der Waals surface area contributed by atoms with Crippen molar-refractivity contribution in [3.05, 3.63) is 58.7 Å². The summed E-state index contributed by atoms with van der Waals surface area (Å²) in [6.07, 6.45) is 0.928. The Balaban J connectivity index is 3.01. The lowest BCUT2D eigenvalue weighted by Crippen LogP contribution is -2.51. The van der Waals surface area contributed by atoms with Crippen molar-refractivity contribution in [3.63, 3.8) is 0 Å². The first-order chi connectivity index (χ1) is 17.8. The molecular weight excluding hydrogens is 519 g/mol. The topological polar surface area (TPSA) is 87.0 Å². The van der Waals surface area contributed by atoms with Crippen LogP contribution in [-0.4, -0.2) is 15.1 Å². The zero-order valence-corrected chi connectivity index (χ0v) is 28.4. The minimum Gasteiger partial charge on any atom is -0.508 e. The number of phenolic OH excluding ortho intramolecular Hbond substituents is 2. The summed E-state index contributed by atoms with van der Waals surface area (Å²) in [5, 5.41) is 20.1. The lowest BCUT2D eigenvalue weighted by molar-refractivity contribution is 0.00907. The summed E-state index contributed by atoms with van der Waals surface area (Å²) in [4.78, 5) is 12.4. The SMILES string of the molecule is CCC(CC)(OP(=O)(O)C(c1ccc(O)cc1)(C(C)(C)C)C(C)(C)C)c1cc(C(C)(C)C)c(O)c(C(C)(C)C)c1. The molecule has 6 heteroatoms. The Kier molecular flexibility index (Phi) is 9.28. The number of benzene rings is 2. The molecule has 0 amide bonds. The number of rotatable bonds is 7. The molecule has 0 radical (unpaired) electrons. The summed E-state index contributed by atoms with van der Waals surface area (Å²) in [5.41, 5.74) is -0.204. The first-order valence-corrected chi connectivity index (χ1v) is 16.1. The Morgan fingerprint density at radius 1 is 0.675 bits per heavy atom. The second-order valence-corrected chi connectivity index (χ2v) is 17.4. The lowest BCUT2D eigenvalue weighted by Gasteiger charge is -2.56. The third kappa shape index (κ3) is 5.90. The first-order valence-electron chi connectivity index (χ1n) is 14.5. The molecule has 0 fully saturated rings. The molecule has 0 aliphatic heterocycles. The Morgan fingerprint density at radius 3 is 1.35 bits per heavy atom. The monoisotopic (exact) mass is 574 g/mol. The third-order valence-corrected chi connectivity index (χ3v) is 11.6. The molecule has 0 spiro atoms. The molecule has 5 nitrogen and oxygen atoms in total. The second-order valence-electron chi connectivity index (χ2n) is 15.5. The highest BCUT2D eigenvalue weighted by atomic mass is 31.2. The molecule has 2 aromatic rings. The van der Waals surface area contributed by atoms with E-state index in [0.717, 1.165) is 16.7 Å². The predicted octanol–water partition coefficient (Wildman–Crippen LogP) is 9.90. The van der Waals surface area contributed by atoms with Crippen LogP contribution in [0.5, 0.6) is 11.5 Å². The van der Waals surface area contributed by atoms with Crippen molar-refractivity contribution in [2.75, 3.05) is 0 Å². The molecule has 0 saturated heterocycles. The van der Waals surface area contributed by atoms with Gasteiger partial charge < -0.3 is 15.1 Å². The predicted molar refractivity (Wildman–Crippen MR) is 167 cm³/mol. The van der Waals surface area contributed by atoms with Crippen LogP contribution in [0.1, 0.15) is 132 Å². The van der Waals surface area contributed by atoms with Gasteiger partial charge in [-0.15, -0.1) is 0 Å². The van der Waals surface area contributed by atoms with Crippen LogP contribution in [0.2, 0.25) is 0 Å². The summed E-state index contributed by atoms with van der Waals surface area (Å²) in [6.45, 7) is 28.2. The lowest BCUT2D eigenvalue weighted by atomic mass is 9.62. The van der Waals surface area contributed by atoms with Gasteiger partial charge >= 0.3 is 7.60 Å². The highest BCUT2D eigenvalue weighted by Gasteiger charge is 2.65. The Morgan fingerprint density at radius 2 is 1.05 bits per heavy atom. The fourth-order valence-corrected chi connectivity index (χ4v) is 10.0. The van der Waals surface area contributed by atoms with Gasteiger partial charge in [-0.2, -0.15) is 0 Å². The van der Waals surface area contributed by atoms with E-state index in [1.54, 1.807) is 24.3 Å². The molecule has 3 N–H and O–H groups in total. The van der Waals surface area contributed by atoms with Gasteiger partial charge in [0, 0.05) is 0 Å². The molecule has 226 valence electrons. The molecule has 2 rings (SSSR count). The maximum Gasteiger partial charge on any atom is 0.340 e. The molecule has 1 atom stereocenters. The highest BCUT2D eigenvalue weighted by molar-refractivity contribution is 7.54. The van der Waals surface area contributed by atoms with Gasteiger partial charge in [0.2, 0.25) is 0 Å². The van der Waals surface area contributed by atoms with Crippen LogP contribution in [0.25, 0.3) is 0 Å². The van der Waals surface area contributed by atoms with E-state index >= 15 is 4.57 Å². The minimum absolute atomic E-state index is 0.0964. The molecule has 0 aliphatic rings. The van der Waals surface area contributed by atoms with Gasteiger partial charge in [-0.3, -0.25) is 9.09 Å². The Bertz CT molecular complexity index is 1180. The Hall–Kier alpha value is -1.81. The minimum atomic E-state index is -4.50. The average Bonchev–Trinajstić information content (AvgIpc) is 2.75. The van der Waals surface area contributed by atoms with Crippen LogP contribution in [0.4, 0.5) is 0 Å². The molecule has 40 heavy (non-hydrogen) atoms. The summed E-state index contributed by atoms with van der Waals surface area (Å²) < 4.78 is 21.9. The smallest absolute Gasteiger partial charge is 0.340 e. The van der Waals surface area contributed by atoms with Crippen molar-refractivity contribution >= 4 is 7.60 Å².